The molecule has 0 aliphatic carbocycles. The van der Waals surface area contributed by atoms with Crippen molar-refractivity contribution >= 4 is 22.0 Å². The maximum atomic E-state index is 14.9. The van der Waals surface area contributed by atoms with E-state index < -0.39 is 24.7 Å². The smallest absolute Gasteiger partial charge is 0.301 e. The van der Waals surface area contributed by atoms with E-state index >= 15 is 0 Å². The van der Waals surface area contributed by atoms with E-state index in [0.29, 0.717) is 23.3 Å². The molecule has 0 unspecified atom stereocenters. The number of likely N-dealkylation sites (tertiary alicyclic amines) is 1. The van der Waals surface area contributed by atoms with Gasteiger partial charge in [-0.05, 0) is 55.2 Å². The molecule has 8 heteroatoms. The Morgan fingerprint density at radius 2 is 1.67 bits per heavy atom. The zero-order valence-electron chi connectivity index (χ0n) is 19.8. The quantitative estimate of drug-likeness (QED) is 0.365. The zero-order chi connectivity index (χ0) is 24.6. The number of ether oxygens (including phenoxy) is 1. The summed E-state index contributed by atoms with van der Waals surface area (Å²) in [7, 11) is 0. The summed E-state index contributed by atoms with van der Waals surface area (Å²) >= 11 is 3.75. The highest BCUT2D eigenvalue weighted by Crippen LogP contribution is 2.42. The molecule has 1 saturated heterocycles. The summed E-state index contributed by atoms with van der Waals surface area (Å²) in [5.41, 5.74) is 3.00. The van der Waals surface area contributed by atoms with Crippen LogP contribution >= 0.6 is 15.9 Å². The number of benzene rings is 1. The van der Waals surface area contributed by atoms with Crippen LogP contribution in [0.2, 0.25) is 0 Å². The third kappa shape index (κ3) is 6.59. The molecule has 1 fully saturated rings. The minimum Gasteiger partial charge on any atom is -0.530 e. The molecule has 1 heterocycles. The fraction of sp³-hybridized carbons (Fsp3) is 0.680. The number of nitrogens with zero attached hydrogens (tertiary/aromatic N) is 2. The van der Waals surface area contributed by atoms with Gasteiger partial charge >= 0.3 is 5.92 Å². The lowest BCUT2D eigenvalue weighted by atomic mass is 9.89. The third-order valence-electron chi connectivity index (χ3n) is 6.20. The first kappa shape index (κ1) is 27.4. The van der Waals surface area contributed by atoms with Gasteiger partial charge in [-0.15, -0.1) is 0 Å². The van der Waals surface area contributed by atoms with Gasteiger partial charge in [-0.1, -0.05) is 56.0 Å². The van der Waals surface area contributed by atoms with E-state index in [9.17, 15) is 23.9 Å². The van der Waals surface area contributed by atoms with Crippen molar-refractivity contribution in [2.75, 3.05) is 13.1 Å². The number of nitriles is 1. The fourth-order valence-electron chi connectivity index (χ4n) is 4.28. The Bertz CT molecular complexity index is 870. The van der Waals surface area contributed by atoms with Crippen molar-refractivity contribution in [3.63, 3.8) is 0 Å². The van der Waals surface area contributed by atoms with E-state index in [2.05, 4.69) is 42.8 Å². The first-order chi connectivity index (χ1) is 15.7. The average molecular weight is 528 g/mol. The lowest BCUT2D eigenvalue weighted by Gasteiger charge is -2.40. The van der Waals surface area contributed by atoms with E-state index in [1.165, 1.54) is 0 Å². The van der Waals surface area contributed by atoms with E-state index in [1.807, 2.05) is 0 Å². The second-order valence-electron chi connectivity index (χ2n) is 8.72. The molecule has 1 aliphatic rings. The molecular formula is C25H34BrF2N2O3-. The Morgan fingerprint density at radius 3 is 2.15 bits per heavy atom. The van der Waals surface area contributed by atoms with Crippen LogP contribution in [0, 0.1) is 11.3 Å². The highest BCUT2D eigenvalue weighted by molar-refractivity contribution is 9.10. The summed E-state index contributed by atoms with van der Waals surface area (Å²) in [4.78, 5) is 11.7. The van der Waals surface area contributed by atoms with Crippen LogP contribution in [0.3, 0.4) is 0 Å². The molecule has 0 radical (unpaired) electrons. The highest BCUT2D eigenvalue weighted by atomic mass is 79.9. The maximum absolute atomic E-state index is 14.9. The Hall–Kier alpha value is -1.88. The van der Waals surface area contributed by atoms with E-state index in [0.717, 1.165) is 66.1 Å². The number of alkyl halides is 2. The summed E-state index contributed by atoms with van der Waals surface area (Å²) in [6, 6.07) is 2.24. The normalized spacial score (nSPS) is 17.6. The molecule has 0 spiro atoms. The largest absolute Gasteiger partial charge is 0.530 e. The molecule has 33 heavy (non-hydrogen) atoms. The van der Waals surface area contributed by atoms with Gasteiger partial charge in [0.15, 0.2) is 6.10 Å². The van der Waals surface area contributed by atoms with Gasteiger partial charge < -0.3 is 19.5 Å². The topological polar surface area (TPSA) is 76.4 Å². The van der Waals surface area contributed by atoms with Gasteiger partial charge in [0, 0.05) is 17.4 Å². The van der Waals surface area contributed by atoms with Gasteiger partial charge in [-0.3, -0.25) is 0 Å². The number of piperidine rings is 1. The molecule has 0 bridgehead atoms. The van der Waals surface area contributed by atoms with Crippen LogP contribution in [0.5, 0.6) is 5.75 Å². The first-order valence-corrected chi connectivity index (χ1v) is 12.8. The molecule has 5 nitrogen and oxygen atoms in total. The number of hydrogen-bond donors (Lipinski definition) is 0. The standard InChI is InChI=1S/C25H35BrF2N2O3/c1-4-7-10-17-19(12-9-6-3)23(20(15-29)18(22(17)26)11-8-5-2)33-21-13-14-30(24(31)32)16-25(21,27)28/h21H,4-14,16H2,1-3H3,(H,31,32)/p-1/t21-/m0/s1. The maximum Gasteiger partial charge on any atom is 0.301 e. The van der Waals surface area contributed by atoms with E-state index in [1.54, 1.807) is 0 Å². The zero-order valence-corrected chi connectivity index (χ0v) is 21.4. The number of carbonyl (C=O) groups is 1. The lowest BCUT2D eigenvalue weighted by Crippen LogP contribution is -2.58. The molecular weight excluding hydrogens is 494 g/mol. The molecule has 1 amide bonds. The van der Waals surface area contributed by atoms with Gasteiger partial charge in [0.1, 0.15) is 17.9 Å². The van der Waals surface area contributed by atoms with Crippen LogP contribution in [-0.4, -0.2) is 36.1 Å². The Kier molecular flexibility index (Phi) is 10.4. The Balaban J connectivity index is 2.61. The fourth-order valence-corrected chi connectivity index (χ4v) is 5.11. The summed E-state index contributed by atoms with van der Waals surface area (Å²) in [5, 5.41) is 21.2. The lowest BCUT2D eigenvalue weighted by molar-refractivity contribution is -0.273. The summed E-state index contributed by atoms with van der Waals surface area (Å²) in [6.45, 7) is 5.18. The van der Waals surface area contributed by atoms with Crippen LogP contribution in [0.1, 0.15) is 88.0 Å². The molecule has 0 N–H and O–H groups in total. The molecule has 1 atom stereocenters. The van der Waals surface area contributed by atoms with Crippen molar-refractivity contribution in [2.24, 2.45) is 0 Å². The van der Waals surface area contributed by atoms with Gasteiger partial charge in [-0.2, -0.15) is 5.26 Å². The Labute approximate surface area is 204 Å². The van der Waals surface area contributed by atoms with Crippen molar-refractivity contribution in [3.8, 4) is 11.8 Å². The molecule has 1 aliphatic heterocycles. The average Bonchev–Trinajstić information content (AvgIpc) is 2.77. The van der Waals surface area contributed by atoms with Crippen LogP contribution in [0.25, 0.3) is 0 Å². The number of unbranched alkanes of at least 4 members (excludes halogenated alkanes) is 3. The number of carboxylic acid groups (broad SMARTS) is 1. The van der Waals surface area contributed by atoms with Gasteiger partial charge in [0.05, 0.1) is 12.1 Å². The van der Waals surface area contributed by atoms with Gasteiger partial charge in [0.25, 0.3) is 0 Å². The van der Waals surface area contributed by atoms with Crippen LogP contribution in [-0.2, 0) is 19.3 Å². The number of carbonyl (C=O) groups excluding carboxylic acids is 1. The molecule has 0 saturated carbocycles. The molecule has 2 rings (SSSR count). The minimum atomic E-state index is -3.38. The predicted octanol–water partition coefficient (Wildman–Crippen LogP) is 5.78. The van der Waals surface area contributed by atoms with Crippen molar-refractivity contribution in [3.05, 3.63) is 26.7 Å². The van der Waals surface area contributed by atoms with E-state index in [-0.39, 0.29) is 18.7 Å². The Morgan fingerprint density at radius 1 is 1.12 bits per heavy atom. The number of halogens is 3. The second kappa shape index (κ2) is 12.5. The highest BCUT2D eigenvalue weighted by Gasteiger charge is 2.47. The molecule has 1 aromatic carbocycles. The second-order valence-corrected chi connectivity index (χ2v) is 9.51. The van der Waals surface area contributed by atoms with Crippen LogP contribution < -0.4 is 9.84 Å². The van der Waals surface area contributed by atoms with Crippen molar-refractivity contribution < 1.29 is 23.4 Å². The number of amides is 1. The van der Waals surface area contributed by atoms with Crippen LogP contribution in [0.4, 0.5) is 13.6 Å². The molecule has 0 aromatic heterocycles. The van der Waals surface area contributed by atoms with Crippen molar-refractivity contribution in [1.82, 2.24) is 4.90 Å². The third-order valence-corrected chi connectivity index (χ3v) is 7.16. The minimum absolute atomic E-state index is 0.0866. The van der Waals surface area contributed by atoms with Crippen molar-refractivity contribution in [2.45, 2.75) is 97.0 Å². The summed E-state index contributed by atoms with van der Waals surface area (Å²) < 4.78 is 36.8. The van der Waals surface area contributed by atoms with Gasteiger partial charge in [0.2, 0.25) is 0 Å². The summed E-state index contributed by atoms with van der Waals surface area (Å²) in [5.74, 6) is -3.12. The predicted molar refractivity (Wildman–Crippen MR) is 126 cm³/mol. The monoisotopic (exact) mass is 527 g/mol. The van der Waals surface area contributed by atoms with Gasteiger partial charge in [-0.25, -0.2) is 8.78 Å². The number of rotatable bonds is 11. The van der Waals surface area contributed by atoms with E-state index in [4.69, 9.17) is 4.74 Å². The summed E-state index contributed by atoms with van der Waals surface area (Å²) in [6.07, 6.45) is 4.30. The molecule has 1 aromatic rings. The first-order valence-electron chi connectivity index (χ1n) is 12.0. The molecule has 184 valence electrons. The van der Waals surface area contributed by atoms with Crippen LogP contribution in [0.15, 0.2) is 4.47 Å². The SMILES string of the molecule is CCCCc1c(Br)c(CCCC)c(CCCC)c(O[C@H]2CCN(C(=O)[O-])CC2(F)F)c1C#N. The number of hydrogen-bond acceptors (Lipinski definition) is 4. The van der Waals surface area contributed by atoms with Crippen molar-refractivity contribution in [1.29, 1.82) is 5.26 Å².